The van der Waals surface area contributed by atoms with E-state index in [2.05, 4.69) is 52.4 Å². The molecule has 1 unspecified atom stereocenters. The Hall–Kier alpha value is -3.70. The van der Waals surface area contributed by atoms with Crippen molar-refractivity contribution in [2.75, 3.05) is 6.54 Å². The second-order valence-corrected chi connectivity index (χ2v) is 11.0. The number of amides is 2. The number of unbranched alkanes of at least 4 members (excludes halogenated alkanes) is 1. The molecule has 0 aliphatic heterocycles. The molecule has 0 spiro atoms. The van der Waals surface area contributed by atoms with E-state index >= 15 is 0 Å². The minimum atomic E-state index is -0.641. The van der Waals surface area contributed by atoms with Crippen LogP contribution in [-0.2, 0) is 22.6 Å². The molecular weight excluding hydrogens is 560 g/mol. The van der Waals surface area contributed by atoms with Gasteiger partial charge < -0.3 is 10.2 Å². The molecule has 4 aromatic carbocycles. The number of nitrogens with zero attached hydrogens (tertiary/aromatic N) is 1. The van der Waals surface area contributed by atoms with E-state index < -0.39 is 6.04 Å². The van der Waals surface area contributed by atoms with Crippen LogP contribution in [0.4, 0.5) is 0 Å². The Morgan fingerprint density at radius 2 is 1.35 bits per heavy atom. The highest BCUT2D eigenvalue weighted by Crippen LogP contribution is 2.30. The molecule has 0 saturated carbocycles. The largest absolute Gasteiger partial charge is 0.354 e. The van der Waals surface area contributed by atoms with Crippen molar-refractivity contribution in [3.63, 3.8) is 0 Å². The Morgan fingerprint density at radius 1 is 0.775 bits per heavy atom. The maximum Gasteiger partial charge on any atom is 0.243 e. The second-order valence-electron chi connectivity index (χ2n) is 10.1. The lowest BCUT2D eigenvalue weighted by Gasteiger charge is -2.33. The van der Waals surface area contributed by atoms with Gasteiger partial charge in [-0.3, -0.25) is 9.59 Å². The molecule has 0 bridgehead atoms. The fourth-order valence-electron chi connectivity index (χ4n) is 4.98. The first-order valence-corrected chi connectivity index (χ1v) is 14.8. The van der Waals surface area contributed by atoms with E-state index in [4.69, 9.17) is 0 Å². The lowest BCUT2D eigenvalue weighted by molar-refractivity contribution is -0.141. The van der Waals surface area contributed by atoms with E-state index in [0.29, 0.717) is 19.5 Å². The van der Waals surface area contributed by atoms with Crippen molar-refractivity contribution >= 4 is 27.7 Å². The molecule has 0 aromatic heterocycles. The van der Waals surface area contributed by atoms with Gasteiger partial charge in [0.15, 0.2) is 0 Å². The van der Waals surface area contributed by atoms with Gasteiger partial charge >= 0.3 is 0 Å². The third-order valence-corrected chi connectivity index (χ3v) is 7.62. The predicted octanol–water partition coefficient (Wildman–Crippen LogP) is 7.53. The van der Waals surface area contributed by atoms with Crippen molar-refractivity contribution in [1.29, 1.82) is 0 Å². The summed E-state index contributed by atoms with van der Waals surface area (Å²) < 4.78 is 0.941. The monoisotopic (exact) mass is 596 g/mol. The number of hydrogen-bond donors (Lipinski definition) is 1. The summed E-state index contributed by atoms with van der Waals surface area (Å²) in [6.07, 6.45) is 2.59. The Morgan fingerprint density at radius 3 is 1.93 bits per heavy atom. The average Bonchev–Trinajstić information content (AvgIpc) is 2.99. The van der Waals surface area contributed by atoms with Crippen LogP contribution in [0.5, 0.6) is 0 Å². The van der Waals surface area contributed by atoms with Gasteiger partial charge in [0.1, 0.15) is 6.04 Å². The molecule has 40 heavy (non-hydrogen) atoms. The Bertz CT molecular complexity index is 1310. The summed E-state index contributed by atoms with van der Waals surface area (Å²) in [5, 5.41) is 3.11. The Labute approximate surface area is 246 Å². The zero-order valence-corrected chi connectivity index (χ0v) is 24.6. The highest BCUT2D eigenvalue weighted by atomic mass is 79.9. The van der Waals surface area contributed by atoms with Gasteiger partial charge in [-0.25, -0.2) is 0 Å². The van der Waals surface area contributed by atoms with Crippen LogP contribution in [0.25, 0.3) is 0 Å². The molecule has 4 rings (SSSR count). The minimum absolute atomic E-state index is 0.0516. The van der Waals surface area contributed by atoms with Crippen LogP contribution in [0.15, 0.2) is 120 Å². The SMILES string of the molecule is CCCCNC(=O)C(Cc1ccccc1)N(Cc1cccc(Br)c1)C(=O)CC(c1ccccc1)c1ccccc1. The molecule has 0 aliphatic carbocycles. The van der Waals surface area contributed by atoms with Crippen molar-refractivity contribution in [2.45, 2.75) is 51.1 Å². The van der Waals surface area contributed by atoms with E-state index in [1.165, 1.54) is 0 Å². The molecule has 0 radical (unpaired) electrons. The van der Waals surface area contributed by atoms with Gasteiger partial charge in [0.05, 0.1) is 0 Å². The summed E-state index contributed by atoms with van der Waals surface area (Å²) in [4.78, 5) is 29.9. The van der Waals surface area contributed by atoms with Crippen molar-refractivity contribution in [3.8, 4) is 0 Å². The van der Waals surface area contributed by atoms with E-state index in [1.807, 2.05) is 91.0 Å². The minimum Gasteiger partial charge on any atom is -0.354 e. The number of benzene rings is 4. The van der Waals surface area contributed by atoms with Gasteiger partial charge in [0.25, 0.3) is 0 Å². The molecule has 206 valence electrons. The summed E-state index contributed by atoms with van der Waals surface area (Å²) >= 11 is 3.57. The highest BCUT2D eigenvalue weighted by Gasteiger charge is 2.32. The standard InChI is InChI=1S/C35H37BrN2O2/c1-2-3-22-37-35(40)33(24-27-14-7-4-8-15-27)38(26-28-16-13-21-31(36)23-28)34(39)25-32(29-17-9-5-10-18-29)30-19-11-6-12-20-30/h4-21,23,32-33H,2-3,22,24-26H2,1H3,(H,37,40). The number of halogens is 1. The first kappa shape index (κ1) is 29.3. The zero-order valence-electron chi connectivity index (χ0n) is 23.0. The molecule has 1 N–H and O–H groups in total. The van der Waals surface area contributed by atoms with Gasteiger partial charge in [-0.1, -0.05) is 132 Å². The number of hydrogen-bond acceptors (Lipinski definition) is 2. The van der Waals surface area contributed by atoms with Gasteiger partial charge in [0, 0.05) is 36.3 Å². The highest BCUT2D eigenvalue weighted by molar-refractivity contribution is 9.10. The first-order valence-electron chi connectivity index (χ1n) is 14.0. The molecule has 0 heterocycles. The summed E-state index contributed by atoms with van der Waals surface area (Å²) in [5.41, 5.74) is 4.15. The molecule has 5 heteroatoms. The van der Waals surface area contributed by atoms with Gasteiger partial charge in [-0.05, 0) is 40.8 Å². The second kappa shape index (κ2) is 15.2. The Balaban J connectivity index is 1.71. The molecule has 2 amide bonds. The normalized spacial score (nSPS) is 11.7. The molecule has 4 aromatic rings. The van der Waals surface area contributed by atoms with Crippen LogP contribution < -0.4 is 5.32 Å². The number of carbonyl (C=O) groups is 2. The van der Waals surface area contributed by atoms with E-state index in [1.54, 1.807) is 4.90 Å². The van der Waals surface area contributed by atoms with Gasteiger partial charge in [-0.2, -0.15) is 0 Å². The number of rotatable bonds is 13. The fourth-order valence-corrected chi connectivity index (χ4v) is 5.43. The van der Waals surface area contributed by atoms with Crippen LogP contribution in [0.1, 0.15) is 54.4 Å². The third kappa shape index (κ3) is 8.40. The predicted molar refractivity (Wildman–Crippen MR) is 166 cm³/mol. The lowest BCUT2D eigenvalue weighted by Crippen LogP contribution is -2.51. The summed E-state index contributed by atoms with van der Waals surface area (Å²) in [6.45, 7) is 3.04. The molecule has 1 atom stereocenters. The number of nitrogens with one attached hydrogen (secondary N) is 1. The topological polar surface area (TPSA) is 49.4 Å². The van der Waals surface area contributed by atoms with Gasteiger partial charge in [0.2, 0.25) is 11.8 Å². The third-order valence-electron chi connectivity index (χ3n) is 7.13. The fraction of sp³-hybridized carbons (Fsp3) is 0.257. The van der Waals surface area contributed by atoms with E-state index in [9.17, 15) is 9.59 Å². The smallest absolute Gasteiger partial charge is 0.243 e. The van der Waals surface area contributed by atoms with Crippen molar-refractivity contribution in [1.82, 2.24) is 10.2 Å². The average molecular weight is 598 g/mol. The molecule has 0 saturated heterocycles. The van der Waals surface area contributed by atoms with E-state index in [0.717, 1.165) is 39.6 Å². The van der Waals surface area contributed by atoms with Crippen LogP contribution in [0.2, 0.25) is 0 Å². The summed E-state index contributed by atoms with van der Waals surface area (Å²) in [5.74, 6) is -0.290. The van der Waals surface area contributed by atoms with Crippen molar-refractivity contribution in [2.24, 2.45) is 0 Å². The van der Waals surface area contributed by atoms with Crippen LogP contribution in [0, 0.1) is 0 Å². The molecule has 4 nitrogen and oxygen atoms in total. The summed E-state index contributed by atoms with van der Waals surface area (Å²) in [7, 11) is 0. The van der Waals surface area contributed by atoms with Crippen LogP contribution in [0.3, 0.4) is 0 Å². The Kier molecular flexibility index (Phi) is 11.1. The zero-order chi connectivity index (χ0) is 28.2. The van der Waals surface area contributed by atoms with E-state index in [-0.39, 0.29) is 24.2 Å². The maximum absolute atomic E-state index is 14.4. The quantitative estimate of drug-likeness (QED) is 0.162. The molecular formula is C35H37BrN2O2. The lowest BCUT2D eigenvalue weighted by atomic mass is 9.87. The first-order chi connectivity index (χ1) is 19.5. The van der Waals surface area contributed by atoms with Gasteiger partial charge in [-0.15, -0.1) is 0 Å². The van der Waals surface area contributed by atoms with Crippen molar-refractivity contribution < 1.29 is 9.59 Å². The van der Waals surface area contributed by atoms with Crippen LogP contribution >= 0.6 is 15.9 Å². The maximum atomic E-state index is 14.4. The molecule has 0 aliphatic rings. The number of carbonyl (C=O) groups excluding carboxylic acids is 2. The van der Waals surface area contributed by atoms with Crippen LogP contribution in [-0.4, -0.2) is 29.3 Å². The summed E-state index contributed by atoms with van der Waals surface area (Å²) in [6, 6.07) is 37.6. The van der Waals surface area contributed by atoms with Crippen molar-refractivity contribution in [3.05, 3.63) is 142 Å². The molecule has 0 fully saturated rings.